The fourth-order valence-electron chi connectivity index (χ4n) is 4.13. The lowest BCUT2D eigenvalue weighted by molar-refractivity contribution is -0.123. The largest absolute Gasteiger partial charge is 0.489 e. The molecular weight excluding hydrogens is 430 g/mol. The summed E-state index contributed by atoms with van der Waals surface area (Å²) in [6.45, 7) is 1.75. The van der Waals surface area contributed by atoms with E-state index in [1.807, 2.05) is 48.7 Å². The summed E-state index contributed by atoms with van der Waals surface area (Å²) in [5.41, 5.74) is 10.3. The fraction of sp³-hybridized carbons (Fsp3) is 0.269. The first-order valence-corrected chi connectivity index (χ1v) is 11.4. The molecule has 0 spiro atoms. The number of nitrogens with zero attached hydrogens (tertiary/aromatic N) is 3. The summed E-state index contributed by atoms with van der Waals surface area (Å²) in [7, 11) is 0. The van der Waals surface area contributed by atoms with Gasteiger partial charge in [0, 0.05) is 29.6 Å². The van der Waals surface area contributed by atoms with Crippen LogP contribution in [0.2, 0.25) is 0 Å². The van der Waals surface area contributed by atoms with Crippen molar-refractivity contribution in [3.05, 3.63) is 72.3 Å². The van der Waals surface area contributed by atoms with E-state index in [0.29, 0.717) is 29.8 Å². The summed E-state index contributed by atoms with van der Waals surface area (Å²) < 4.78 is 8.12. The molecule has 4 aromatic rings. The Labute approximate surface area is 197 Å². The Kier molecular flexibility index (Phi) is 5.90. The van der Waals surface area contributed by atoms with Crippen LogP contribution in [0.15, 0.2) is 60.9 Å². The van der Waals surface area contributed by atoms with Crippen LogP contribution < -0.4 is 15.8 Å². The summed E-state index contributed by atoms with van der Waals surface area (Å²) in [6, 6.07) is 15.1. The number of carbonyl (C=O) groups is 1. The van der Waals surface area contributed by atoms with Crippen molar-refractivity contribution < 1.29 is 14.6 Å². The van der Waals surface area contributed by atoms with Gasteiger partial charge in [-0.05, 0) is 49.6 Å². The van der Waals surface area contributed by atoms with Gasteiger partial charge in [0.2, 0.25) is 0 Å². The number of hydrogen-bond donors (Lipinski definition) is 3. The second-order valence-corrected chi connectivity index (χ2v) is 8.66. The third kappa shape index (κ3) is 4.32. The highest BCUT2D eigenvalue weighted by atomic mass is 16.5. The smallest absolute Gasteiger partial charge is 0.252 e. The number of benzene rings is 2. The molecule has 1 aliphatic carbocycles. The molecule has 2 heterocycles. The SMILES string of the molecule is CC(O)C(=O)Nc1cccc(COc2cccc(-c3nc(C4CCC4)n4ccnc(N)c34)c2)c1. The quantitative estimate of drug-likeness (QED) is 0.384. The van der Waals surface area contributed by atoms with Gasteiger partial charge in [0.15, 0.2) is 0 Å². The molecule has 8 heteroatoms. The van der Waals surface area contributed by atoms with Crippen molar-refractivity contribution in [3.8, 4) is 17.0 Å². The number of fused-ring (bicyclic) bond motifs is 1. The highest BCUT2D eigenvalue weighted by molar-refractivity contribution is 5.93. The van der Waals surface area contributed by atoms with Crippen LogP contribution in [0.25, 0.3) is 16.8 Å². The first-order chi connectivity index (χ1) is 16.5. The van der Waals surface area contributed by atoms with Crippen molar-refractivity contribution in [2.45, 2.75) is 44.8 Å². The molecule has 0 radical (unpaired) electrons. The Bertz CT molecular complexity index is 1340. The summed E-state index contributed by atoms with van der Waals surface area (Å²) in [6.07, 6.45) is 6.08. The molecule has 1 aliphatic rings. The van der Waals surface area contributed by atoms with E-state index in [1.165, 1.54) is 13.3 Å². The molecule has 0 aliphatic heterocycles. The summed E-state index contributed by atoms with van der Waals surface area (Å²) in [4.78, 5) is 21.0. The molecule has 174 valence electrons. The van der Waals surface area contributed by atoms with E-state index in [-0.39, 0.29) is 0 Å². The molecule has 0 bridgehead atoms. The van der Waals surface area contributed by atoms with E-state index in [0.717, 1.165) is 41.0 Å². The van der Waals surface area contributed by atoms with Crippen LogP contribution >= 0.6 is 0 Å². The predicted molar refractivity (Wildman–Crippen MR) is 131 cm³/mol. The van der Waals surface area contributed by atoms with Gasteiger partial charge in [-0.1, -0.05) is 30.7 Å². The molecule has 1 saturated carbocycles. The summed E-state index contributed by atoms with van der Waals surface area (Å²) >= 11 is 0. The molecule has 2 aromatic carbocycles. The van der Waals surface area contributed by atoms with Crippen molar-refractivity contribution >= 4 is 22.9 Å². The van der Waals surface area contributed by atoms with Crippen molar-refractivity contribution in [3.63, 3.8) is 0 Å². The highest BCUT2D eigenvalue weighted by Crippen LogP contribution is 2.39. The number of aliphatic hydroxyl groups is 1. The third-order valence-corrected chi connectivity index (χ3v) is 6.17. The molecule has 1 fully saturated rings. The zero-order valence-electron chi connectivity index (χ0n) is 18.9. The Hall–Kier alpha value is -3.91. The lowest BCUT2D eigenvalue weighted by atomic mass is 9.85. The Balaban J connectivity index is 1.38. The number of hydrogen-bond acceptors (Lipinski definition) is 6. The van der Waals surface area contributed by atoms with Crippen LogP contribution in [0, 0.1) is 0 Å². The van der Waals surface area contributed by atoms with Crippen molar-refractivity contribution in [1.82, 2.24) is 14.4 Å². The second kappa shape index (κ2) is 9.15. The lowest BCUT2D eigenvalue weighted by Crippen LogP contribution is -2.24. The standard InChI is InChI=1S/C26H27N5O3/c1-16(32)26(33)29-20-9-2-5-17(13-20)15-34-21-10-4-8-19(14-21)22-23-24(27)28-11-12-31(23)25(30-22)18-6-3-7-18/h2,4-5,8-14,16,18,32H,3,6-7,15H2,1H3,(H2,27,28)(H,29,33). The van der Waals surface area contributed by atoms with Crippen molar-refractivity contribution in [2.75, 3.05) is 11.1 Å². The van der Waals surface area contributed by atoms with Crippen LogP contribution in [0.4, 0.5) is 11.5 Å². The molecular formula is C26H27N5O3. The Morgan fingerprint density at radius 3 is 2.85 bits per heavy atom. The van der Waals surface area contributed by atoms with Gasteiger partial charge < -0.3 is 20.9 Å². The minimum atomic E-state index is -1.07. The van der Waals surface area contributed by atoms with Gasteiger partial charge in [-0.2, -0.15) is 0 Å². The van der Waals surface area contributed by atoms with Crippen LogP contribution in [0.5, 0.6) is 5.75 Å². The first-order valence-electron chi connectivity index (χ1n) is 11.4. The maximum atomic E-state index is 11.7. The molecule has 1 unspecified atom stereocenters. The number of imidazole rings is 1. The number of anilines is 2. The monoisotopic (exact) mass is 457 g/mol. The number of aromatic nitrogens is 3. The van der Waals surface area contributed by atoms with Gasteiger partial charge >= 0.3 is 0 Å². The number of rotatable bonds is 7. The minimum absolute atomic E-state index is 0.322. The molecule has 0 saturated heterocycles. The van der Waals surface area contributed by atoms with Crippen LogP contribution in [0.3, 0.4) is 0 Å². The van der Waals surface area contributed by atoms with E-state index in [9.17, 15) is 9.90 Å². The number of nitrogens with one attached hydrogen (secondary N) is 1. The highest BCUT2D eigenvalue weighted by Gasteiger charge is 2.26. The van der Waals surface area contributed by atoms with Crippen LogP contribution in [0.1, 0.15) is 43.5 Å². The number of ether oxygens (including phenoxy) is 1. The van der Waals surface area contributed by atoms with Crippen molar-refractivity contribution in [2.24, 2.45) is 0 Å². The van der Waals surface area contributed by atoms with Gasteiger partial charge in [-0.15, -0.1) is 0 Å². The summed E-state index contributed by atoms with van der Waals surface area (Å²) in [5.74, 6) is 2.19. The zero-order chi connectivity index (χ0) is 23.7. The maximum absolute atomic E-state index is 11.7. The van der Waals surface area contributed by atoms with Gasteiger partial charge in [0.25, 0.3) is 5.91 Å². The minimum Gasteiger partial charge on any atom is -0.489 e. The van der Waals surface area contributed by atoms with E-state index in [1.54, 1.807) is 12.3 Å². The average Bonchev–Trinajstić information content (AvgIpc) is 3.17. The molecule has 5 rings (SSSR count). The molecule has 34 heavy (non-hydrogen) atoms. The number of amides is 1. The Morgan fingerprint density at radius 2 is 2.09 bits per heavy atom. The molecule has 4 N–H and O–H groups in total. The van der Waals surface area contributed by atoms with Gasteiger partial charge in [0.05, 0.1) is 0 Å². The second-order valence-electron chi connectivity index (χ2n) is 8.66. The summed E-state index contributed by atoms with van der Waals surface area (Å²) in [5, 5.41) is 12.1. The van der Waals surface area contributed by atoms with Gasteiger partial charge in [-0.3, -0.25) is 9.20 Å². The zero-order valence-corrected chi connectivity index (χ0v) is 18.9. The molecule has 8 nitrogen and oxygen atoms in total. The first kappa shape index (κ1) is 21.9. The van der Waals surface area contributed by atoms with E-state index in [2.05, 4.69) is 14.7 Å². The fourth-order valence-corrected chi connectivity index (χ4v) is 4.13. The van der Waals surface area contributed by atoms with E-state index >= 15 is 0 Å². The predicted octanol–water partition coefficient (Wildman–Crippen LogP) is 4.14. The Morgan fingerprint density at radius 1 is 1.26 bits per heavy atom. The maximum Gasteiger partial charge on any atom is 0.252 e. The molecule has 1 amide bonds. The number of nitrogen functional groups attached to an aromatic ring is 1. The topological polar surface area (TPSA) is 115 Å². The lowest BCUT2D eigenvalue weighted by Gasteiger charge is -2.23. The van der Waals surface area contributed by atoms with Crippen LogP contribution in [-0.4, -0.2) is 31.5 Å². The van der Waals surface area contributed by atoms with E-state index < -0.39 is 12.0 Å². The van der Waals surface area contributed by atoms with E-state index in [4.69, 9.17) is 15.5 Å². The number of nitrogens with two attached hydrogens (primary N) is 1. The van der Waals surface area contributed by atoms with Crippen molar-refractivity contribution in [1.29, 1.82) is 0 Å². The van der Waals surface area contributed by atoms with Crippen LogP contribution in [-0.2, 0) is 11.4 Å². The number of aliphatic hydroxyl groups excluding tert-OH is 1. The van der Waals surface area contributed by atoms with Gasteiger partial charge in [-0.25, -0.2) is 9.97 Å². The number of carbonyl (C=O) groups excluding carboxylic acids is 1. The molecule has 2 aromatic heterocycles. The third-order valence-electron chi connectivity index (χ3n) is 6.17. The average molecular weight is 458 g/mol. The normalized spacial score (nSPS) is 14.5. The van der Waals surface area contributed by atoms with Gasteiger partial charge in [0.1, 0.15) is 41.3 Å². The molecule has 1 atom stereocenters.